The molecule has 10 nitrogen and oxygen atoms in total. The molecule has 6 fully saturated rings. The molecule has 14 unspecified atom stereocenters. The molecule has 0 amide bonds. The van der Waals surface area contributed by atoms with Crippen LogP contribution in [0.2, 0.25) is 0 Å². The van der Waals surface area contributed by atoms with Gasteiger partial charge in [0.2, 0.25) is 0 Å². The highest BCUT2D eigenvalue weighted by Crippen LogP contribution is 2.81. The van der Waals surface area contributed by atoms with Crippen LogP contribution < -0.4 is 5.73 Å². The van der Waals surface area contributed by atoms with Crippen LogP contribution in [0.4, 0.5) is 5.69 Å². The Morgan fingerprint density at radius 1 is 1.05 bits per heavy atom. The van der Waals surface area contributed by atoms with Crippen LogP contribution in [0.25, 0.3) is 0 Å². The second-order valence-corrected chi connectivity index (χ2v) is 14.3. The maximum atomic E-state index is 13.5. The van der Waals surface area contributed by atoms with E-state index in [4.69, 9.17) is 29.4 Å². The average molecular weight is 601 g/mol. The number of anilines is 1. The zero-order valence-corrected chi connectivity index (χ0v) is 26.2. The number of ether oxygens (including phenoxy) is 5. The summed E-state index contributed by atoms with van der Waals surface area (Å²) in [6.07, 6.45) is 0.816. The van der Waals surface area contributed by atoms with E-state index in [1.165, 1.54) is 0 Å². The van der Waals surface area contributed by atoms with Gasteiger partial charge in [0.05, 0.1) is 42.6 Å². The predicted molar refractivity (Wildman–Crippen MR) is 157 cm³/mol. The number of hydrogen-bond acceptors (Lipinski definition) is 10. The normalized spacial score (nSPS) is 51.0. The SMILES string of the molecule is CCN1CC2(COC(=O)c3ccccc3N)CCC(OC)C34C5CC6C(OC)C(C)C(O)(C5C6OC)C(O)(C(OC)C23)C14. The van der Waals surface area contributed by atoms with E-state index in [-0.39, 0.29) is 54.5 Å². The van der Waals surface area contributed by atoms with Crippen LogP contribution >= 0.6 is 0 Å². The lowest BCUT2D eigenvalue weighted by Gasteiger charge is -2.70. The molecule has 10 heteroatoms. The summed E-state index contributed by atoms with van der Waals surface area (Å²) in [5.41, 5.74) is 2.56. The average Bonchev–Trinajstić information content (AvgIpc) is 3.43. The van der Waals surface area contributed by atoms with Crippen LogP contribution in [0.15, 0.2) is 24.3 Å². The first-order valence-corrected chi connectivity index (χ1v) is 15.9. The Morgan fingerprint density at radius 3 is 2.40 bits per heavy atom. The van der Waals surface area contributed by atoms with Crippen molar-refractivity contribution >= 4 is 11.7 Å². The molecule has 1 spiro atoms. The Morgan fingerprint density at radius 2 is 1.77 bits per heavy atom. The van der Waals surface area contributed by atoms with Crippen molar-refractivity contribution in [2.45, 2.75) is 74.8 Å². The Kier molecular flexibility index (Phi) is 6.85. The van der Waals surface area contributed by atoms with E-state index in [0.29, 0.717) is 24.3 Å². The lowest BCUT2D eigenvalue weighted by atomic mass is 9.42. The van der Waals surface area contributed by atoms with Crippen molar-refractivity contribution < 1.29 is 38.7 Å². The first kappa shape index (κ1) is 29.9. The first-order chi connectivity index (χ1) is 20.6. The highest BCUT2D eigenvalue weighted by Gasteiger charge is 2.92. The summed E-state index contributed by atoms with van der Waals surface area (Å²) in [5.74, 6) is -1.33. The molecule has 0 aromatic heterocycles. The van der Waals surface area contributed by atoms with Gasteiger partial charge < -0.3 is 39.6 Å². The van der Waals surface area contributed by atoms with E-state index >= 15 is 0 Å². The van der Waals surface area contributed by atoms with Gasteiger partial charge in [-0.3, -0.25) is 4.90 Å². The van der Waals surface area contributed by atoms with Gasteiger partial charge >= 0.3 is 5.97 Å². The summed E-state index contributed by atoms with van der Waals surface area (Å²) in [6, 6.07) is 6.54. The van der Waals surface area contributed by atoms with Crippen molar-refractivity contribution in [3.63, 3.8) is 0 Å². The van der Waals surface area contributed by atoms with Gasteiger partial charge in [0.1, 0.15) is 11.2 Å². The molecule has 238 valence electrons. The standard InChI is InChI=1S/C33H48N2O8/c1-7-35-15-30(16-43-28(36)18-10-8-9-11-21(18)34)13-12-22(39-3)31-20-14-19-24(40-4)17(2)32(37,23(20)25(19)41-5)33(38,29(31)35)27(42-6)26(30)31/h8-11,17,19-20,22-27,29,37-38H,7,12-16,34H2,1-6H3. The number of methoxy groups -OCH3 is 4. The number of nitrogen functional groups attached to an aromatic ring is 1. The molecule has 1 aromatic rings. The van der Waals surface area contributed by atoms with Crippen LogP contribution in [-0.4, -0.2) is 111 Å². The van der Waals surface area contributed by atoms with Crippen molar-refractivity contribution in [2.75, 3.05) is 53.9 Å². The van der Waals surface area contributed by atoms with Gasteiger partial charge in [0.25, 0.3) is 0 Å². The molecule has 5 saturated carbocycles. The predicted octanol–water partition coefficient (Wildman–Crippen LogP) is 1.96. The van der Waals surface area contributed by atoms with Crippen LogP contribution in [0.3, 0.4) is 0 Å². The van der Waals surface area contributed by atoms with E-state index < -0.39 is 40.1 Å². The Bertz CT molecular complexity index is 1280. The zero-order valence-electron chi connectivity index (χ0n) is 26.2. The monoisotopic (exact) mass is 600 g/mol. The lowest BCUT2D eigenvalue weighted by Crippen LogP contribution is -2.83. The number of benzene rings is 1. The topological polar surface area (TPSA) is 133 Å². The number of carbonyl (C=O) groups excluding carboxylic acids is 1. The molecular formula is C33H48N2O8. The molecule has 6 aliphatic rings. The highest BCUT2D eigenvalue weighted by atomic mass is 16.5. The second-order valence-electron chi connectivity index (χ2n) is 14.3. The van der Waals surface area contributed by atoms with Crippen molar-refractivity contribution in [2.24, 2.45) is 40.4 Å². The van der Waals surface area contributed by atoms with E-state index in [9.17, 15) is 15.0 Å². The molecule has 4 N–H and O–H groups in total. The number of carbonyl (C=O) groups is 1. The second kappa shape index (κ2) is 9.85. The number of likely N-dealkylation sites (tertiary alicyclic amines) is 1. The maximum Gasteiger partial charge on any atom is 0.340 e. The molecule has 7 rings (SSSR count). The molecule has 14 atom stereocenters. The third-order valence-corrected chi connectivity index (χ3v) is 13.5. The fraction of sp³-hybridized carbons (Fsp3) is 0.788. The number of nitrogens with zero attached hydrogens (tertiary/aromatic N) is 1. The van der Waals surface area contributed by atoms with Gasteiger partial charge in [0, 0.05) is 75.2 Å². The number of hydrogen-bond donors (Lipinski definition) is 3. The van der Waals surface area contributed by atoms with Crippen LogP contribution in [0, 0.1) is 40.4 Å². The molecule has 1 aromatic carbocycles. The van der Waals surface area contributed by atoms with Crippen molar-refractivity contribution in [1.29, 1.82) is 0 Å². The Hall–Kier alpha value is -1.79. The quantitative estimate of drug-likeness (QED) is 0.301. The number of fused-ring (bicyclic) bond motifs is 2. The third kappa shape index (κ3) is 3.21. The highest BCUT2D eigenvalue weighted by molar-refractivity contribution is 5.95. The molecule has 1 aliphatic heterocycles. The summed E-state index contributed by atoms with van der Waals surface area (Å²) in [6.45, 7) is 5.55. The molecule has 7 bridgehead atoms. The molecule has 5 aliphatic carbocycles. The summed E-state index contributed by atoms with van der Waals surface area (Å²) >= 11 is 0. The number of likely N-dealkylation sites (N-methyl/N-ethyl adjacent to an activating group) is 1. The van der Waals surface area contributed by atoms with E-state index in [1.54, 1.807) is 52.7 Å². The summed E-state index contributed by atoms with van der Waals surface area (Å²) in [4.78, 5) is 15.8. The number of rotatable bonds is 8. The summed E-state index contributed by atoms with van der Waals surface area (Å²) < 4.78 is 31.4. The fourth-order valence-corrected chi connectivity index (χ4v) is 12.5. The van der Waals surface area contributed by atoms with Gasteiger partial charge in [-0.25, -0.2) is 4.79 Å². The molecule has 43 heavy (non-hydrogen) atoms. The van der Waals surface area contributed by atoms with E-state index in [0.717, 1.165) is 19.3 Å². The Balaban J connectivity index is 1.43. The fourth-order valence-electron chi connectivity index (χ4n) is 12.5. The zero-order chi connectivity index (χ0) is 30.7. The van der Waals surface area contributed by atoms with Crippen molar-refractivity contribution in [3.8, 4) is 0 Å². The van der Waals surface area contributed by atoms with Crippen molar-refractivity contribution in [3.05, 3.63) is 29.8 Å². The minimum absolute atomic E-state index is 0.0232. The number of para-hydroxylation sites is 1. The minimum Gasteiger partial charge on any atom is -0.461 e. The number of piperidine rings is 1. The maximum absolute atomic E-state index is 13.5. The molecular weight excluding hydrogens is 552 g/mol. The first-order valence-electron chi connectivity index (χ1n) is 15.9. The van der Waals surface area contributed by atoms with Gasteiger partial charge in [-0.15, -0.1) is 0 Å². The Labute approximate surface area is 254 Å². The smallest absolute Gasteiger partial charge is 0.340 e. The minimum atomic E-state index is -1.65. The van der Waals surface area contributed by atoms with E-state index in [2.05, 4.69) is 11.8 Å². The van der Waals surface area contributed by atoms with Crippen LogP contribution in [0.5, 0.6) is 0 Å². The number of esters is 1. The summed E-state index contributed by atoms with van der Waals surface area (Å²) in [5, 5.41) is 26.8. The van der Waals surface area contributed by atoms with Gasteiger partial charge in [-0.05, 0) is 43.9 Å². The largest absolute Gasteiger partial charge is 0.461 e. The third-order valence-electron chi connectivity index (χ3n) is 13.5. The van der Waals surface area contributed by atoms with Gasteiger partial charge in [-0.2, -0.15) is 0 Å². The molecule has 1 heterocycles. The lowest BCUT2D eigenvalue weighted by molar-refractivity contribution is -0.335. The van der Waals surface area contributed by atoms with Crippen molar-refractivity contribution in [1.82, 2.24) is 4.90 Å². The number of nitrogens with two attached hydrogens (primary N) is 1. The summed E-state index contributed by atoms with van der Waals surface area (Å²) in [7, 11) is 6.82. The molecule has 1 saturated heterocycles. The van der Waals surface area contributed by atoms with Crippen LogP contribution in [0.1, 0.15) is 43.5 Å². The van der Waals surface area contributed by atoms with Gasteiger partial charge in [-0.1, -0.05) is 26.0 Å². The molecule has 0 radical (unpaired) electrons. The van der Waals surface area contributed by atoms with Crippen LogP contribution in [-0.2, 0) is 23.7 Å². The van der Waals surface area contributed by atoms with E-state index in [1.807, 2.05) is 6.92 Å². The van der Waals surface area contributed by atoms with Gasteiger partial charge in [0.15, 0.2) is 0 Å². The number of aliphatic hydroxyl groups is 2.